The standard InChI is InChI=1S/C63H114N2O6Si2.C62H113N3O6Si2.2CH4/c1-49(2)47-56(15)62(67)64-48-61(66)65-63(16,57-35-39-59(40-36-57)68-43-31-27-23-19-17-21-25-29-33-45-70-72(50(3)4,51(5)6)52(7)8)58-37-41-60(42-38-58)69-44-32-28-24-20-18-22-26-30-34-46-71-73(53(9)10,54(11)12)55(13)14;1-48(2)46-59(63)61(67)64-47-60(66)65-62(15,55-34-38-57(39-35-55)68-42-30-26-22-18-16-20-24-28-32-44-70-72(49(3)4,50(5)6)51(7)8)56-36-40-58(41-37-56)69-43-31-27-23-19-17-21-25-29-33-45-71-73(52(9)10,53(11)12)54(13)14;;/h35-42,49-56H,17-34,43-48H2,1-16H3,(H,64,67)(H,65,66);34-41,48-54,59H,16-33,42-47,63H2,1-15H3,(H,64,67)(H,65,66);2*1H4/t56-;59-;;/m00../s1. The number of ether oxygens (including phenoxy) is 4. The molecular weight excluding hydrogens is 1900 g/mol. The Hall–Kier alpha value is -5.37. The van der Waals surface area contributed by atoms with Gasteiger partial charge in [-0.15, -0.1) is 0 Å². The SMILES string of the molecule is C.C.CC(C)C[C@H](C)C(=O)NCC(=O)NC(C)(c1ccc(OCCCCCCCCCCCO[Si](C(C)C)(C(C)C)C(C)C)cc1)c1ccc(OCCCCCCCCCCCO[Si](C(C)C)(C(C)C)C(C)C)cc1.CC(C)C[C@H](N)C(=O)NCC(=O)NC(C)(c1ccc(OCCCCCCCCCCCO[Si](C(C)C)(C(C)C)C(C)C)cc1)c1ccc(OCCCCCCCCCCCO[Si](C(C)C)(C(C)C)C(C)C)cc1. The summed E-state index contributed by atoms with van der Waals surface area (Å²) in [6.45, 7) is 77.3. The van der Waals surface area contributed by atoms with E-state index in [0.29, 0.717) is 105 Å². The fourth-order valence-corrected chi connectivity index (χ4v) is 46.4. The van der Waals surface area contributed by atoms with Gasteiger partial charge in [-0.05, 0) is 227 Å². The van der Waals surface area contributed by atoms with Crippen LogP contribution in [0.15, 0.2) is 97.1 Å². The van der Waals surface area contributed by atoms with Crippen molar-refractivity contribution < 1.29 is 55.8 Å². The Kier molecular flexibility index (Phi) is 73.2. The number of benzene rings is 4. The minimum absolute atomic E-state index is 0. The average molecular weight is 2140 g/mol. The Bertz CT molecular complexity index is 3460. The van der Waals surface area contributed by atoms with E-state index in [4.69, 9.17) is 42.4 Å². The minimum atomic E-state index is -1.75. The van der Waals surface area contributed by atoms with Gasteiger partial charge in [-0.25, -0.2) is 0 Å². The van der Waals surface area contributed by atoms with Gasteiger partial charge in [0.2, 0.25) is 23.6 Å². The van der Waals surface area contributed by atoms with E-state index in [0.717, 1.165) is 117 Å². The topological polar surface area (TPSA) is 216 Å². The predicted molar refractivity (Wildman–Crippen MR) is 647 cm³/mol. The molecule has 17 nitrogen and oxygen atoms in total. The molecule has 0 spiro atoms. The van der Waals surface area contributed by atoms with Gasteiger partial charge >= 0.3 is 0 Å². The summed E-state index contributed by atoms with van der Waals surface area (Å²) in [7, 11) is -6.99. The number of hydrogen-bond acceptors (Lipinski definition) is 13. The summed E-state index contributed by atoms with van der Waals surface area (Å²) >= 11 is 0. The largest absolute Gasteiger partial charge is 0.494 e. The van der Waals surface area contributed by atoms with Crippen molar-refractivity contribution in [3.8, 4) is 23.0 Å². The van der Waals surface area contributed by atoms with Gasteiger partial charge in [0, 0.05) is 32.3 Å². The van der Waals surface area contributed by atoms with Gasteiger partial charge in [0.05, 0.1) is 56.6 Å². The Morgan fingerprint density at radius 2 is 0.405 bits per heavy atom. The molecule has 0 aliphatic carbocycles. The molecule has 148 heavy (non-hydrogen) atoms. The number of nitrogens with two attached hydrogens (primary N) is 1. The van der Waals surface area contributed by atoms with Crippen molar-refractivity contribution in [2.24, 2.45) is 23.5 Å². The number of nitrogens with one attached hydrogen (secondary N) is 4. The molecule has 4 amide bonds. The summed E-state index contributed by atoms with van der Waals surface area (Å²) in [5.74, 6) is 2.83. The second-order valence-corrected chi connectivity index (χ2v) is 70.3. The molecular formula is C127H235N5O12Si4. The van der Waals surface area contributed by atoms with Crippen molar-refractivity contribution in [1.29, 1.82) is 0 Å². The molecule has 0 radical (unpaired) electrons. The van der Waals surface area contributed by atoms with Crippen LogP contribution >= 0.6 is 0 Å². The van der Waals surface area contributed by atoms with Crippen molar-refractivity contribution >= 4 is 56.9 Å². The first-order chi connectivity index (χ1) is 69.3. The highest BCUT2D eigenvalue weighted by Gasteiger charge is 2.49. The third-order valence-electron chi connectivity index (χ3n) is 32.2. The summed E-state index contributed by atoms with van der Waals surface area (Å²) in [6, 6.07) is 31.6. The van der Waals surface area contributed by atoms with Gasteiger partial charge in [-0.2, -0.15) is 0 Å². The zero-order valence-corrected chi connectivity index (χ0v) is 104. The van der Waals surface area contributed by atoms with E-state index in [1.807, 2.05) is 132 Å². The van der Waals surface area contributed by atoms with Crippen molar-refractivity contribution in [2.45, 2.75) is 557 Å². The fraction of sp³-hybridized carbons (Fsp3) is 0.780. The van der Waals surface area contributed by atoms with Crippen LogP contribution in [-0.2, 0) is 48.0 Å². The predicted octanol–water partition coefficient (Wildman–Crippen LogP) is 36.0. The van der Waals surface area contributed by atoms with E-state index in [9.17, 15) is 19.2 Å². The van der Waals surface area contributed by atoms with Crippen LogP contribution in [0.4, 0.5) is 0 Å². The zero-order valence-electron chi connectivity index (χ0n) is 99.9. The van der Waals surface area contributed by atoms with Crippen LogP contribution in [-0.4, -0.2) is 129 Å². The van der Waals surface area contributed by atoms with Crippen LogP contribution < -0.4 is 45.9 Å². The van der Waals surface area contributed by atoms with Crippen LogP contribution in [0.2, 0.25) is 66.5 Å². The lowest BCUT2D eigenvalue weighted by Crippen LogP contribution is -2.50. The van der Waals surface area contributed by atoms with Crippen LogP contribution in [0.25, 0.3) is 0 Å². The van der Waals surface area contributed by atoms with Crippen molar-refractivity contribution in [1.82, 2.24) is 21.3 Å². The Balaban J connectivity index is 0.00000146. The quantitative estimate of drug-likeness (QED) is 0.0206. The summed E-state index contributed by atoms with van der Waals surface area (Å²) in [5, 5.41) is 12.1. The van der Waals surface area contributed by atoms with Crippen molar-refractivity contribution in [3.63, 3.8) is 0 Å². The van der Waals surface area contributed by atoms with Crippen molar-refractivity contribution in [2.75, 3.05) is 65.9 Å². The van der Waals surface area contributed by atoms with Gasteiger partial charge < -0.3 is 63.7 Å². The van der Waals surface area contributed by atoms with E-state index >= 15 is 0 Å². The van der Waals surface area contributed by atoms with Gasteiger partial charge in [0.15, 0.2) is 33.3 Å². The lowest BCUT2D eigenvalue weighted by Gasteiger charge is -2.42. The highest BCUT2D eigenvalue weighted by Crippen LogP contribution is 2.47. The third-order valence-corrected chi connectivity index (χ3v) is 56.6. The zero-order chi connectivity index (χ0) is 109. The average Bonchev–Trinajstić information content (AvgIpc) is 0.788. The molecule has 0 saturated heterocycles. The van der Waals surface area contributed by atoms with E-state index < -0.39 is 50.4 Å². The number of amides is 4. The summed E-state index contributed by atoms with van der Waals surface area (Å²) in [6.07, 6.45) is 45.6. The molecule has 0 unspecified atom stereocenters. The molecule has 0 aliphatic rings. The molecule has 0 aliphatic heterocycles. The monoisotopic (exact) mass is 2130 g/mol. The summed E-state index contributed by atoms with van der Waals surface area (Å²) in [4.78, 5) is 52.6. The van der Waals surface area contributed by atoms with E-state index in [1.54, 1.807) is 0 Å². The summed E-state index contributed by atoms with van der Waals surface area (Å²) < 4.78 is 51.8. The van der Waals surface area contributed by atoms with E-state index in [1.165, 1.54) is 193 Å². The third kappa shape index (κ3) is 49.8. The Morgan fingerprint density at radius 1 is 0.243 bits per heavy atom. The molecule has 0 fully saturated rings. The number of carbonyl (C=O) groups is 4. The lowest BCUT2D eigenvalue weighted by molar-refractivity contribution is -0.129. The van der Waals surface area contributed by atoms with Gasteiger partial charge in [-0.1, -0.05) is 444 Å². The van der Waals surface area contributed by atoms with Crippen LogP contribution in [0, 0.1) is 17.8 Å². The number of hydrogen-bond donors (Lipinski definition) is 5. The second-order valence-electron chi connectivity index (χ2n) is 48.4. The molecule has 6 N–H and O–H groups in total. The maximum Gasteiger partial charge on any atom is 0.240 e. The Labute approximate surface area is 916 Å². The van der Waals surface area contributed by atoms with Crippen LogP contribution in [0.3, 0.4) is 0 Å². The molecule has 0 aromatic heterocycles. The normalized spacial score (nSPS) is 12.9. The van der Waals surface area contributed by atoms with Crippen LogP contribution in [0.1, 0.15) is 496 Å². The highest BCUT2D eigenvalue weighted by molar-refractivity contribution is 6.79. The molecule has 0 heterocycles. The molecule has 21 heteroatoms. The summed E-state index contributed by atoms with van der Waals surface area (Å²) in [5.41, 5.74) is 15.9. The first kappa shape index (κ1) is 141. The molecule has 0 bridgehead atoms. The smallest absolute Gasteiger partial charge is 0.240 e. The first-order valence-corrected chi connectivity index (χ1v) is 68.3. The number of carbonyl (C=O) groups excluding carboxylic acids is 4. The highest BCUT2D eigenvalue weighted by atomic mass is 28.4. The Morgan fingerprint density at radius 3 is 0.574 bits per heavy atom. The maximum atomic E-state index is 13.6. The molecule has 4 aromatic rings. The molecule has 4 aromatic carbocycles. The lowest BCUT2D eigenvalue weighted by atomic mass is 9.84. The fourth-order valence-electron chi connectivity index (χ4n) is 24.4. The van der Waals surface area contributed by atoms with Gasteiger partial charge in [-0.3, -0.25) is 19.2 Å². The molecule has 4 rings (SSSR count). The van der Waals surface area contributed by atoms with Crippen molar-refractivity contribution in [3.05, 3.63) is 119 Å². The van der Waals surface area contributed by atoms with Crippen LogP contribution in [0.5, 0.6) is 23.0 Å². The maximum absolute atomic E-state index is 13.6. The van der Waals surface area contributed by atoms with E-state index in [2.05, 4.69) is 201 Å². The minimum Gasteiger partial charge on any atom is -0.494 e. The van der Waals surface area contributed by atoms with Gasteiger partial charge in [0.25, 0.3) is 0 Å². The van der Waals surface area contributed by atoms with E-state index in [-0.39, 0.29) is 63.4 Å². The first-order valence-electron chi connectivity index (χ1n) is 59.7. The van der Waals surface area contributed by atoms with Gasteiger partial charge in [0.1, 0.15) is 23.0 Å². The molecule has 856 valence electrons. The second kappa shape index (κ2) is 77.1. The molecule has 0 saturated carbocycles. The number of unbranched alkanes of at least 4 members (excludes halogenated alkanes) is 32. The number of rotatable bonds is 84. The molecule has 2 atom stereocenters.